The first-order valence-corrected chi connectivity index (χ1v) is 4.13. The van der Waals surface area contributed by atoms with E-state index in [1.54, 1.807) is 0 Å². The van der Waals surface area contributed by atoms with E-state index in [0.717, 1.165) is 5.76 Å². The topological polar surface area (TPSA) is 52.0 Å². The van der Waals surface area contributed by atoms with Crippen LogP contribution < -0.4 is 5.73 Å². The van der Waals surface area contributed by atoms with Crippen LogP contribution in [0.15, 0.2) is 9.02 Å². The van der Waals surface area contributed by atoms with Crippen LogP contribution in [0.2, 0.25) is 0 Å². The molecule has 0 saturated heterocycles. The minimum Gasteiger partial charge on any atom is -0.427 e. The second-order valence-electron chi connectivity index (χ2n) is 3.42. The molecule has 0 spiro atoms. The number of anilines is 1. The van der Waals surface area contributed by atoms with Crippen LogP contribution >= 0.6 is 15.9 Å². The minimum absolute atomic E-state index is 0.0521. The molecule has 1 aromatic heterocycles. The van der Waals surface area contributed by atoms with Gasteiger partial charge in [0.15, 0.2) is 4.60 Å². The van der Waals surface area contributed by atoms with E-state index < -0.39 is 0 Å². The average molecular weight is 219 g/mol. The van der Waals surface area contributed by atoms with Crippen molar-refractivity contribution in [2.75, 3.05) is 5.73 Å². The van der Waals surface area contributed by atoms with Gasteiger partial charge >= 0.3 is 0 Å². The number of rotatable bonds is 0. The molecule has 0 saturated carbocycles. The standard InChI is InChI=1S/C7H11BrN2O/c1-7(2,3)4-5(8)10-6(9)11-4/h1-3H3,(H2,9,10). The Labute approximate surface area is 74.1 Å². The number of halogens is 1. The van der Waals surface area contributed by atoms with Crippen molar-refractivity contribution < 1.29 is 4.42 Å². The average Bonchev–Trinajstić information content (AvgIpc) is 2.08. The lowest BCUT2D eigenvalue weighted by atomic mass is 9.94. The number of nitrogen functional groups attached to an aromatic ring is 1. The maximum Gasteiger partial charge on any atom is 0.293 e. The highest BCUT2D eigenvalue weighted by Crippen LogP contribution is 2.30. The summed E-state index contributed by atoms with van der Waals surface area (Å²) in [6.07, 6.45) is 0. The third-order valence-electron chi connectivity index (χ3n) is 1.28. The fourth-order valence-electron chi connectivity index (χ4n) is 0.780. The van der Waals surface area contributed by atoms with Gasteiger partial charge in [0.2, 0.25) is 0 Å². The number of aromatic nitrogens is 1. The Hall–Kier alpha value is -0.510. The molecule has 3 nitrogen and oxygen atoms in total. The van der Waals surface area contributed by atoms with Gasteiger partial charge in [-0.05, 0) is 15.9 Å². The van der Waals surface area contributed by atoms with Crippen molar-refractivity contribution in [1.29, 1.82) is 0 Å². The fourth-order valence-corrected chi connectivity index (χ4v) is 1.63. The van der Waals surface area contributed by atoms with Gasteiger partial charge in [0, 0.05) is 5.41 Å². The molecule has 0 unspecified atom stereocenters. The summed E-state index contributed by atoms with van der Waals surface area (Å²) in [5, 5.41) is 0. The maximum atomic E-state index is 5.37. The molecule has 0 atom stereocenters. The zero-order valence-electron chi connectivity index (χ0n) is 6.81. The molecule has 11 heavy (non-hydrogen) atoms. The summed E-state index contributed by atoms with van der Waals surface area (Å²) >= 11 is 3.27. The highest BCUT2D eigenvalue weighted by atomic mass is 79.9. The Balaban J connectivity index is 3.13. The first-order chi connectivity index (χ1) is 4.91. The Morgan fingerprint density at radius 2 is 2.00 bits per heavy atom. The number of nitrogens with two attached hydrogens (primary N) is 1. The smallest absolute Gasteiger partial charge is 0.293 e. The number of hydrogen-bond acceptors (Lipinski definition) is 3. The highest BCUT2D eigenvalue weighted by Gasteiger charge is 2.22. The summed E-state index contributed by atoms with van der Waals surface area (Å²) < 4.78 is 5.90. The van der Waals surface area contributed by atoms with Crippen LogP contribution in [0.3, 0.4) is 0 Å². The molecule has 1 aromatic rings. The summed E-state index contributed by atoms with van der Waals surface area (Å²) in [4.78, 5) is 3.91. The lowest BCUT2D eigenvalue weighted by Gasteiger charge is -2.13. The van der Waals surface area contributed by atoms with Crippen molar-refractivity contribution in [1.82, 2.24) is 4.98 Å². The molecule has 0 fully saturated rings. The Morgan fingerprint density at radius 3 is 2.18 bits per heavy atom. The summed E-state index contributed by atoms with van der Waals surface area (Å²) in [6, 6.07) is 0.210. The molecular weight excluding hydrogens is 208 g/mol. The summed E-state index contributed by atoms with van der Waals surface area (Å²) in [7, 11) is 0. The molecule has 0 aliphatic heterocycles. The molecular formula is C7H11BrN2O. The first-order valence-electron chi connectivity index (χ1n) is 3.33. The van der Waals surface area contributed by atoms with E-state index in [2.05, 4.69) is 20.9 Å². The van der Waals surface area contributed by atoms with Crippen LogP contribution in [0.1, 0.15) is 26.5 Å². The fraction of sp³-hybridized carbons (Fsp3) is 0.571. The molecule has 0 aliphatic rings. The van der Waals surface area contributed by atoms with Crippen molar-refractivity contribution in [2.24, 2.45) is 0 Å². The molecule has 1 rings (SSSR count). The molecule has 0 aromatic carbocycles. The Morgan fingerprint density at radius 1 is 1.45 bits per heavy atom. The second kappa shape index (κ2) is 2.52. The molecule has 2 N–H and O–H groups in total. The first kappa shape index (κ1) is 8.59. The van der Waals surface area contributed by atoms with Gasteiger partial charge in [-0.3, -0.25) is 0 Å². The van der Waals surface area contributed by atoms with Gasteiger partial charge in [0.25, 0.3) is 6.01 Å². The van der Waals surface area contributed by atoms with Gasteiger partial charge in [0.05, 0.1) is 0 Å². The van der Waals surface area contributed by atoms with Gasteiger partial charge in [-0.2, -0.15) is 4.98 Å². The van der Waals surface area contributed by atoms with Gasteiger partial charge < -0.3 is 10.2 Å². The van der Waals surface area contributed by atoms with E-state index in [9.17, 15) is 0 Å². The van der Waals surface area contributed by atoms with Gasteiger partial charge in [-0.15, -0.1) is 0 Å². The molecule has 4 heteroatoms. The maximum absolute atomic E-state index is 5.37. The van der Waals surface area contributed by atoms with Crippen LogP contribution in [0.25, 0.3) is 0 Å². The molecule has 0 radical (unpaired) electrons. The Bertz CT molecular complexity index is 262. The highest BCUT2D eigenvalue weighted by molar-refractivity contribution is 9.10. The molecule has 0 aliphatic carbocycles. The quantitative estimate of drug-likeness (QED) is 0.728. The van der Waals surface area contributed by atoms with E-state index in [1.807, 2.05) is 20.8 Å². The van der Waals surface area contributed by atoms with E-state index in [4.69, 9.17) is 10.2 Å². The predicted molar refractivity (Wildman–Crippen MR) is 47.3 cm³/mol. The van der Waals surface area contributed by atoms with Crippen molar-refractivity contribution >= 4 is 21.9 Å². The Kier molecular flexibility index (Phi) is 1.96. The monoisotopic (exact) mass is 218 g/mol. The zero-order chi connectivity index (χ0) is 8.65. The van der Waals surface area contributed by atoms with Crippen molar-refractivity contribution in [3.05, 3.63) is 10.4 Å². The van der Waals surface area contributed by atoms with Crippen molar-refractivity contribution in [2.45, 2.75) is 26.2 Å². The third-order valence-corrected chi connectivity index (χ3v) is 1.82. The van der Waals surface area contributed by atoms with Crippen LogP contribution in [0, 0.1) is 0 Å². The van der Waals surface area contributed by atoms with E-state index in [-0.39, 0.29) is 11.4 Å². The van der Waals surface area contributed by atoms with Crippen LogP contribution in [0.5, 0.6) is 0 Å². The van der Waals surface area contributed by atoms with Crippen LogP contribution in [-0.2, 0) is 5.41 Å². The van der Waals surface area contributed by atoms with E-state index >= 15 is 0 Å². The summed E-state index contributed by atoms with van der Waals surface area (Å²) in [6.45, 7) is 6.12. The normalized spacial score (nSPS) is 12.0. The lowest BCUT2D eigenvalue weighted by Crippen LogP contribution is -2.10. The van der Waals surface area contributed by atoms with Crippen molar-refractivity contribution in [3.8, 4) is 0 Å². The molecule has 0 amide bonds. The van der Waals surface area contributed by atoms with Crippen LogP contribution in [0.4, 0.5) is 6.01 Å². The summed E-state index contributed by atoms with van der Waals surface area (Å²) in [5.41, 5.74) is 5.32. The number of nitrogens with zero attached hydrogens (tertiary/aromatic N) is 1. The zero-order valence-corrected chi connectivity index (χ0v) is 8.40. The molecule has 0 bridgehead atoms. The largest absolute Gasteiger partial charge is 0.427 e. The SMILES string of the molecule is CC(C)(C)c1oc(N)nc1Br. The molecule has 1 heterocycles. The van der Waals surface area contributed by atoms with E-state index in [1.165, 1.54) is 0 Å². The van der Waals surface area contributed by atoms with Crippen LogP contribution in [-0.4, -0.2) is 4.98 Å². The summed E-state index contributed by atoms with van der Waals surface area (Å²) in [5.74, 6) is 0.787. The van der Waals surface area contributed by atoms with E-state index in [0.29, 0.717) is 4.60 Å². The lowest BCUT2D eigenvalue weighted by molar-refractivity contribution is 0.416. The molecule has 62 valence electrons. The van der Waals surface area contributed by atoms with Crippen molar-refractivity contribution in [3.63, 3.8) is 0 Å². The van der Waals surface area contributed by atoms with Gasteiger partial charge in [-0.25, -0.2) is 0 Å². The second-order valence-corrected chi connectivity index (χ2v) is 4.17. The predicted octanol–water partition coefficient (Wildman–Crippen LogP) is 2.32. The van der Waals surface area contributed by atoms with Gasteiger partial charge in [0.1, 0.15) is 5.76 Å². The minimum atomic E-state index is -0.0521. The number of hydrogen-bond donors (Lipinski definition) is 1. The van der Waals surface area contributed by atoms with Gasteiger partial charge in [-0.1, -0.05) is 20.8 Å². The number of oxazole rings is 1. The third kappa shape index (κ3) is 1.74.